The number of carbonyl (C=O) groups excluding carboxylic acids is 1. The first-order valence-corrected chi connectivity index (χ1v) is 6.65. The monoisotopic (exact) mass is 279 g/mol. The van der Waals surface area contributed by atoms with Gasteiger partial charge >= 0.3 is 0 Å². The van der Waals surface area contributed by atoms with Gasteiger partial charge in [-0.2, -0.15) is 0 Å². The van der Waals surface area contributed by atoms with Crippen molar-refractivity contribution >= 4 is 28.1 Å². The van der Waals surface area contributed by atoms with Gasteiger partial charge in [-0.3, -0.25) is 4.79 Å². The molecule has 6 heteroatoms. The quantitative estimate of drug-likeness (QED) is 0.939. The van der Waals surface area contributed by atoms with E-state index in [1.165, 1.54) is 11.0 Å². The number of thiazole rings is 1. The average Bonchev–Trinajstić information content (AvgIpc) is 2.71. The van der Waals surface area contributed by atoms with E-state index in [0.29, 0.717) is 22.2 Å². The van der Waals surface area contributed by atoms with Crippen LogP contribution in [0.15, 0.2) is 24.3 Å². The summed E-state index contributed by atoms with van der Waals surface area (Å²) in [6, 6.07) is 6.20. The van der Waals surface area contributed by atoms with Crippen molar-refractivity contribution in [1.82, 2.24) is 4.98 Å². The molecule has 4 nitrogen and oxygen atoms in total. The maximum absolute atomic E-state index is 13.8. The van der Waals surface area contributed by atoms with Crippen LogP contribution in [0.1, 0.15) is 22.3 Å². The Kier molecular flexibility index (Phi) is 3.80. The van der Waals surface area contributed by atoms with Crippen LogP contribution in [-0.4, -0.2) is 17.4 Å². The fourth-order valence-corrected chi connectivity index (χ4v) is 2.61. The highest BCUT2D eigenvalue weighted by molar-refractivity contribution is 7.17. The Bertz CT molecular complexity index is 612. The summed E-state index contributed by atoms with van der Waals surface area (Å²) in [7, 11) is 0. The molecule has 0 spiro atoms. The fraction of sp³-hybridized carbons (Fsp3) is 0.231. The first-order valence-electron chi connectivity index (χ1n) is 5.84. The number of nitrogen functional groups attached to an aromatic ring is 1. The SMILES string of the molecule is CCN(C(=O)c1sc(N)nc1C)c1ccccc1F. The zero-order chi connectivity index (χ0) is 14.0. The van der Waals surface area contributed by atoms with Gasteiger partial charge < -0.3 is 10.6 Å². The van der Waals surface area contributed by atoms with Gasteiger partial charge in [0, 0.05) is 6.54 Å². The lowest BCUT2D eigenvalue weighted by molar-refractivity contribution is 0.0990. The molecule has 19 heavy (non-hydrogen) atoms. The number of amides is 1. The van der Waals surface area contributed by atoms with Crippen LogP contribution in [0.3, 0.4) is 0 Å². The van der Waals surface area contributed by atoms with Crippen LogP contribution in [0, 0.1) is 12.7 Å². The van der Waals surface area contributed by atoms with Crippen molar-refractivity contribution in [2.24, 2.45) is 0 Å². The lowest BCUT2D eigenvalue weighted by Gasteiger charge is -2.20. The van der Waals surface area contributed by atoms with E-state index in [1.54, 1.807) is 32.0 Å². The Balaban J connectivity index is 2.41. The summed E-state index contributed by atoms with van der Waals surface area (Å²) in [5.74, 6) is -0.702. The number of para-hydroxylation sites is 1. The molecule has 0 radical (unpaired) electrons. The summed E-state index contributed by atoms with van der Waals surface area (Å²) in [6.45, 7) is 3.89. The second kappa shape index (κ2) is 5.36. The molecule has 0 bridgehead atoms. The van der Waals surface area contributed by atoms with Gasteiger partial charge in [0.25, 0.3) is 5.91 Å². The van der Waals surface area contributed by atoms with Gasteiger partial charge in [-0.05, 0) is 26.0 Å². The maximum Gasteiger partial charge on any atom is 0.270 e. The van der Waals surface area contributed by atoms with Gasteiger partial charge in [0.15, 0.2) is 5.13 Å². The number of nitrogens with two attached hydrogens (primary N) is 1. The molecule has 2 aromatic rings. The molecule has 1 aromatic heterocycles. The van der Waals surface area contributed by atoms with Gasteiger partial charge in [0.2, 0.25) is 0 Å². The highest BCUT2D eigenvalue weighted by Crippen LogP contribution is 2.25. The molecular weight excluding hydrogens is 265 g/mol. The molecule has 1 heterocycles. The largest absolute Gasteiger partial charge is 0.375 e. The Morgan fingerprint density at radius 1 is 1.47 bits per heavy atom. The summed E-state index contributed by atoms with van der Waals surface area (Å²) in [4.78, 5) is 18.3. The van der Waals surface area contributed by atoms with Gasteiger partial charge in [0.1, 0.15) is 10.7 Å². The van der Waals surface area contributed by atoms with E-state index >= 15 is 0 Å². The number of halogens is 1. The number of aryl methyl sites for hydroxylation is 1. The molecule has 100 valence electrons. The molecule has 0 aliphatic rings. The van der Waals surface area contributed by atoms with Gasteiger partial charge in [-0.15, -0.1) is 0 Å². The smallest absolute Gasteiger partial charge is 0.270 e. The van der Waals surface area contributed by atoms with Crippen LogP contribution in [0.5, 0.6) is 0 Å². The number of hydrogen-bond donors (Lipinski definition) is 1. The molecular formula is C13H14FN3OS. The van der Waals surface area contributed by atoms with E-state index in [4.69, 9.17) is 5.73 Å². The summed E-state index contributed by atoms with van der Waals surface area (Å²) < 4.78 is 13.8. The standard InChI is InChI=1S/C13H14FN3OS/c1-3-17(10-7-5-4-6-9(10)14)12(18)11-8(2)16-13(15)19-11/h4-7H,3H2,1-2H3,(H2,15,16). The number of aromatic nitrogens is 1. The summed E-state index contributed by atoms with van der Waals surface area (Å²) in [5, 5.41) is 0.338. The minimum Gasteiger partial charge on any atom is -0.375 e. The molecule has 0 atom stereocenters. The molecule has 0 saturated heterocycles. The number of rotatable bonds is 3. The average molecular weight is 279 g/mol. The van der Waals surface area contributed by atoms with Crippen LogP contribution < -0.4 is 10.6 Å². The van der Waals surface area contributed by atoms with Crippen LogP contribution in [-0.2, 0) is 0 Å². The Morgan fingerprint density at radius 2 is 2.16 bits per heavy atom. The molecule has 0 aliphatic heterocycles. The topological polar surface area (TPSA) is 59.2 Å². The van der Waals surface area contributed by atoms with E-state index < -0.39 is 5.82 Å². The molecule has 2 rings (SSSR count). The first kappa shape index (κ1) is 13.5. The number of carbonyl (C=O) groups is 1. The fourth-order valence-electron chi connectivity index (χ4n) is 1.83. The second-order valence-corrected chi connectivity index (χ2v) is 5.00. The van der Waals surface area contributed by atoms with Crippen molar-refractivity contribution in [2.75, 3.05) is 17.2 Å². The predicted molar refractivity (Wildman–Crippen MR) is 75.0 cm³/mol. The second-order valence-electron chi connectivity index (χ2n) is 3.97. The van der Waals surface area contributed by atoms with Crippen molar-refractivity contribution in [3.8, 4) is 0 Å². The maximum atomic E-state index is 13.8. The van der Waals surface area contributed by atoms with Crippen LogP contribution in [0.4, 0.5) is 15.2 Å². The third kappa shape index (κ3) is 2.58. The predicted octanol–water partition coefficient (Wildman–Crippen LogP) is 2.84. The molecule has 2 N–H and O–H groups in total. The Hall–Kier alpha value is -1.95. The van der Waals surface area contributed by atoms with E-state index in [-0.39, 0.29) is 11.6 Å². The third-order valence-electron chi connectivity index (χ3n) is 2.71. The lowest BCUT2D eigenvalue weighted by atomic mass is 10.2. The molecule has 1 amide bonds. The van der Waals surface area contributed by atoms with Crippen molar-refractivity contribution in [3.05, 3.63) is 40.7 Å². The Labute approximate surface area is 114 Å². The van der Waals surface area contributed by atoms with E-state index in [0.717, 1.165) is 11.3 Å². The zero-order valence-electron chi connectivity index (χ0n) is 10.7. The van der Waals surface area contributed by atoms with E-state index in [2.05, 4.69) is 4.98 Å². The number of anilines is 2. The van der Waals surface area contributed by atoms with Crippen molar-refractivity contribution in [2.45, 2.75) is 13.8 Å². The third-order valence-corrected chi connectivity index (χ3v) is 3.69. The minimum atomic E-state index is -0.423. The first-order chi connectivity index (χ1) is 9.04. The van der Waals surface area contributed by atoms with E-state index in [9.17, 15) is 9.18 Å². The van der Waals surface area contributed by atoms with Crippen LogP contribution >= 0.6 is 11.3 Å². The van der Waals surface area contributed by atoms with Crippen LogP contribution in [0.25, 0.3) is 0 Å². The minimum absolute atomic E-state index is 0.265. The van der Waals surface area contributed by atoms with Crippen molar-refractivity contribution in [1.29, 1.82) is 0 Å². The highest BCUT2D eigenvalue weighted by atomic mass is 32.1. The summed E-state index contributed by atoms with van der Waals surface area (Å²) in [6.07, 6.45) is 0. The van der Waals surface area contributed by atoms with Crippen molar-refractivity contribution < 1.29 is 9.18 Å². The van der Waals surface area contributed by atoms with E-state index in [1.807, 2.05) is 0 Å². The molecule has 0 aliphatic carbocycles. The lowest BCUT2D eigenvalue weighted by Crippen LogP contribution is -2.31. The molecule has 0 saturated carbocycles. The Morgan fingerprint density at radius 3 is 2.68 bits per heavy atom. The summed E-state index contributed by atoms with van der Waals surface area (Å²) >= 11 is 1.12. The number of benzene rings is 1. The highest BCUT2D eigenvalue weighted by Gasteiger charge is 2.22. The summed E-state index contributed by atoms with van der Waals surface area (Å²) in [5.41, 5.74) is 6.43. The van der Waals surface area contributed by atoms with Gasteiger partial charge in [-0.1, -0.05) is 23.5 Å². The zero-order valence-corrected chi connectivity index (χ0v) is 11.5. The van der Waals surface area contributed by atoms with Crippen molar-refractivity contribution in [3.63, 3.8) is 0 Å². The number of nitrogens with zero attached hydrogens (tertiary/aromatic N) is 2. The van der Waals surface area contributed by atoms with Gasteiger partial charge in [0.05, 0.1) is 11.4 Å². The normalized spacial score (nSPS) is 10.5. The molecule has 0 fully saturated rings. The van der Waals surface area contributed by atoms with Gasteiger partial charge in [-0.25, -0.2) is 9.37 Å². The van der Waals surface area contributed by atoms with Crippen LogP contribution in [0.2, 0.25) is 0 Å². The molecule has 0 unspecified atom stereocenters. The molecule has 1 aromatic carbocycles. The number of hydrogen-bond acceptors (Lipinski definition) is 4.